The van der Waals surface area contributed by atoms with Crippen LogP contribution < -0.4 is 5.73 Å². The van der Waals surface area contributed by atoms with Gasteiger partial charge in [-0.1, -0.05) is 13.8 Å². The molecule has 5 heteroatoms. The monoisotopic (exact) mass is 203 g/mol. The van der Waals surface area contributed by atoms with Crippen molar-refractivity contribution < 1.29 is 19.1 Å². The molecule has 0 aromatic carbocycles. The van der Waals surface area contributed by atoms with E-state index in [9.17, 15) is 9.59 Å². The Bertz CT molecular complexity index is 193. The van der Waals surface area contributed by atoms with Gasteiger partial charge in [0.15, 0.2) is 0 Å². The van der Waals surface area contributed by atoms with Crippen LogP contribution >= 0.6 is 0 Å². The van der Waals surface area contributed by atoms with Crippen LogP contribution in [-0.4, -0.2) is 18.4 Å². The maximum Gasteiger partial charge on any atom is 0.407 e. The van der Waals surface area contributed by atoms with Gasteiger partial charge in [0.05, 0.1) is 0 Å². The van der Waals surface area contributed by atoms with Gasteiger partial charge in [0.1, 0.15) is 0 Å². The Morgan fingerprint density at radius 3 is 2.29 bits per heavy atom. The van der Waals surface area contributed by atoms with Gasteiger partial charge in [-0.25, -0.2) is 4.79 Å². The minimum absolute atomic E-state index is 0.322. The highest BCUT2D eigenvalue weighted by Gasteiger charge is 2.15. The van der Waals surface area contributed by atoms with Crippen LogP contribution in [0.5, 0.6) is 0 Å². The van der Waals surface area contributed by atoms with Crippen LogP contribution in [0.15, 0.2) is 0 Å². The highest BCUT2D eigenvalue weighted by Crippen LogP contribution is 2.06. The Balaban J connectivity index is 3.94. The fourth-order valence-corrected chi connectivity index (χ4v) is 0.917. The fraction of sp³-hybridized carbons (Fsp3) is 0.778. The van der Waals surface area contributed by atoms with Gasteiger partial charge in [-0.2, -0.15) is 0 Å². The molecule has 0 saturated heterocycles. The molecule has 0 radical (unpaired) electrons. The summed E-state index contributed by atoms with van der Waals surface area (Å²) in [5.74, 6) is -0.368. The van der Waals surface area contributed by atoms with Crippen molar-refractivity contribution in [1.82, 2.24) is 0 Å². The zero-order chi connectivity index (χ0) is 11.0. The number of carbonyl (C=O) groups excluding carboxylic acids is 2. The zero-order valence-electron chi connectivity index (χ0n) is 8.62. The van der Waals surface area contributed by atoms with Crippen molar-refractivity contribution in [2.24, 2.45) is 5.73 Å². The van der Waals surface area contributed by atoms with Crippen LogP contribution in [0.3, 0.4) is 0 Å². The summed E-state index contributed by atoms with van der Waals surface area (Å²) in [5, 5.41) is 0. The minimum Gasteiger partial charge on any atom is -0.425 e. The van der Waals surface area contributed by atoms with Crippen LogP contribution in [0.2, 0.25) is 0 Å². The highest BCUT2D eigenvalue weighted by atomic mass is 16.7. The first-order valence-corrected chi connectivity index (χ1v) is 4.75. The van der Waals surface area contributed by atoms with Crippen molar-refractivity contribution in [2.75, 3.05) is 0 Å². The standard InChI is InChI=1S/C9H17NO4/c1-3-5-7(11)13-8(6-4-2)14-9(10)12/h8H,3-6H2,1-2H3,(H2,10,12). The summed E-state index contributed by atoms with van der Waals surface area (Å²) in [4.78, 5) is 21.5. The van der Waals surface area contributed by atoms with E-state index in [4.69, 9.17) is 10.5 Å². The van der Waals surface area contributed by atoms with Gasteiger partial charge in [0.25, 0.3) is 0 Å². The first-order valence-electron chi connectivity index (χ1n) is 4.75. The van der Waals surface area contributed by atoms with Crippen molar-refractivity contribution in [3.8, 4) is 0 Å². The summed E-state index contributed by atoms with van der Waals surface area (Å²) < 4.78 is 9.48. The molecule has 1 atom stereocenters. The van der Waals surface area contributed by atoms with E-state index in [1.54, 1.807) is 0 Å². The smallest absolute Gasteiger partial charge is 0.407 e. The third kappa shape index (κ3) is 6.28. The maximum absolute atomic E-state index is 11.1. The summed E-state index contributed by atoms with van der Waals surface area (Å²) in [6.45, 7) is 3.76. The highest BCUT2D eigenvalue weighted by molar-refractivity contribution is 5.70. The minimum atomic E-state index is -0.923. The molecule has 0 saturated carbocycles. The van der Waals surface area contributed by atoms with Gasteiger partial charge in [-0.3, -0.25) is 4.79 Å². The van der Waals surface area contributed by atoms with Crippen molar-refractivity contribution in [3.63, 3.8) is 0 Å². The molecule has 0 bridgehead atoms. The first-order chi connectivity index (χ1) is 6.60. The lowest BCUT2D eigenvalue weighted by Crippen LogP contribution is -2.27. The van der Waals surface area contributed by atoms with E-state index < -0.39 is 12.4 Å². The molecule has 0 spiro atoms. The van der Waals surface area contributed by atoms with Gasteiger partial charge < -0.3 is 15.2 Å². The van der Waals surface area contributed by atoms with Crippen molar-refractivity contribution in [1.29, 1.82) is 0 Å². The van der Waals surface area contributed by atoms with E-state index in [1.807, 2.05) is 13.8 Å². The average molecular weight is 203 g/mol. The van der Waals surface area contributed by atoms with Crippen LogP contribution in [0.25, 0.3) is 0 Å². The van der Waals surface area contributed by atoms with E-state index in [1.165, 1.54) is 0 Å². The number of hydrogen-bond acceptors (Lipinski definition) is 4. The molecule has 0 heterocycles. The summed E-state index contributed by atoms with van der Waals surface area (Å²) >= 11 is 0. The van der Waals surface area contributed by atoms with Crippen LogP contribution in [0, 0.1) is 0 Å². The lowest BCUT2D eigenvalue weighted by Gasteiger charge is -2.15. The predicted octanol–water partition coefficient (Wildman–Crippen LogP) is 1.55. The zero-order valence-corrected chi connectivity index (χ0v) is 8.62. The molecular weight excluding hydrogens is 186 g/mol. The number of hydrogen-bond donors (Lipinski definition) is 1. The number of primary amides is 1. The molecule has 0 fully saturated rings. The largest absolute Gasteiger partial charge is 0.425 e. The second kappa shape index (κ2) is 7.17. The van der Waals surface area contributed by atoms with Crippen LogP contribution in [0.4, 0.5) is 4.79 Å². The molecular formula is C9H17NO4. The van der Waals surface area contributed by atoms with Crippen LogP contribution in [-0.2, 0) is 14.3 Å². The molecule has 0 aromatic heterocycles. The molecule has 5 nitrogen and oxygen atoms in total. The Kier molecular flexibility index (Phi) is 6.53. The van der Waals surface area contributed by atoms with Crippen molar-refractivity contribution in [2.45, 2.75) is 45.8 Å². The van der Waals surface area contributed by atoms with Crippen molar-refractivity contribution >= 4 is 12.1 Å². The van der Waals surface area contributed by atoms with E-state index in [0.717, 1.165) is 6.42 Å². The SMILES string of the molecule is CCCC(=O)OC(CCC)OC(N)=O. The Morgan fingerprint density at radius 2 is 1.86 bits per heavy atom. The Morgan fingerprint density at radius 1 is 1.21 bits per heavy atom. The molecule has 0 aromatic rings. The second-order valence-corrected chi connectivity index (χ2v) is 2.89. The van der Waals surface area contributed by atoms with Gasteiger partial charge >= 0.3 is 12.1 Å². The fourth-order valence-electron chi connectivity index (χ4n) is 0.917. The molecule has 1 amide bonds. The lowest BCUT2D eigenvalue weighted by molar-refractivity contribution is -0.168. The number of carbonyl (C=O) groups is 2. The first kappa shape index (κ1) is 12.7. The summed E-state index contributed by atoms with van der Waals surface area (Å²) in [7, 11) is 0. The second-order valence-electron chi connectivity index (χ2n) is 2.89. The molecule has 82 valence electrons. The molecule has 14 heavy (non-hydrogen) atoms. The van der Waals surface area contributed by atoms with Gasteiger partial charge in [-0.15, -0.1) is 0 Å². The normalized spacial score (nSPS) is 11.9. The van der Waals surface area contributed by atoms with Gasteiger partial charge in [0, 0.05) is 12.8 Å². The number of rotatable bonds is 6. The number of ether oxygens (including phenoxy) is 2. The average Bonchev–Trinajstić information content (AvgIpc) is 2.03. The molecule has 2 N–H and O–H groups in total. The molecule has 0 aliphatic rings. The number of esters is 1. The quantitative estimate of drug-likeness (QED) is 0.524. The van der Waals surface area contributed by atoms with E-state index in [0.29, 0.717) is 19.3 Å². The third-order valence-electron chi connectivity index (χ3n) is 1.49. The number of amides is 1. The summed E-state index contributed by atoms with van der Waals surface area (Å²) in [5.41, 5.74) is 4.82. The van der Waals surface area contributed by atoms with E-state index in [2.05, 4.69) is 4.74 Å². The molecule has 0 aliphatic heterocycles. The Labute approximate surface area is 83.5 Å². The van der Waals surface area contributed by atoms with Crippen LogP contribution in [0.1, 0.15) is 39.5 Å². The maximum atomic E-state index is 11.1. The number of nitrogens with two attached hydrogens (primary N) is 1. The molecule has 0 aliphatic carbocycles. The van der Waals surface area contributed by atoms with Crippen molar-refractivity contribution in [3.05, 3.63) is 0 Å². The Hall–Kier alpha value is -1.26. The predicted molar refractivity (Wildman–Crippen MR) is 50.4 cm³/mol. The van der Waals surface area contributed by atoms with Gasteiger partial charge in [0.2, 0.25) is 6.29 Å². The van der Waals surface area contributed by atoms with Gasteiger partial charge in [-0.05, 0) is 12.8 Å². The topological polar surface area (TPSA) is 78.6 Å². The summed E-state index contributed by atoms with van der Waals surface area (Å²) in [6.07, 6.45) is 0.482. The molecule has 0 rings (SSSR count). The summed E-state index contributed by atoms with van der Waals surface area (Å²) in [6, 6.07) is 0. The van der Waals surface area contributed by atoms with E-state index >= 15 is 0 Å². The molecule has 1 unspecified atom stereocenters. The van der Waals surface area contributed by atoms with E-state index in [-0.39, 0.29) is 5.97 Å². The third-order valence-corrected chi connectivity index (χ3v) is 1.49. The lowest BCUT2D eigenvalue weighted by atomic mass is 10.3.